The van der Waals surface area contributed by atoms with Gasteiger partial charge in [-0.15, -0.1) is 0 Å². The van der Waals surface area contributed by atoms with Crippen LogP contribution in [0.4, 0.5) is 0 Å². The second-order valence-corrected chi connectivity index (χ2v) is 5.83. The maximum Gasteiger partial charge on any atom is 0.293 e. The summed E-state index contributed by atoms with van der Waals surface area (Å²) in [5, 5.41) is 0. The molecule has 0 spiro atoms. The van der Waals surface area contributed by atoms with Crippen molar-refractivity contribution >= 4 is 28.1 Å². The summed E-state index contributed by atoms with van der Waals surface area (Å²) < 4.78 is 4.81. The fourth-order valence-corrected chi connectivity index (χ4v) is 2.84. The standard InChI is InChI=1S/C7H14O2S2/c1-7(2,11-10-3)4-5-9-6-8/h6H,4-5H2,1-3H3. The molecule has 0 amide bonds. The van der Waals surface area contributed by atoms with Crippen molar-refractivity contribution in [1.29, 1.82) is 0 Å². The molecule has 0 saturated carbocycles. The zero-order chi connectivity index (χ0) is 8.74. The van der Waals surface area contributed by atoms with E-state index in [1.54, 1.807) is 21.6 Å². The summed E-state index contributed by atoms with van der Waals surface area (Å²) in [5.74, 6) is 0. The Morgan fingerprint density at radius 1 is 1.55 bits per heavy atom. The first-order valence-corrected chi connectivity index (χ1v) is 5.95. The van der Waals surface area contributed by atoms with E-state index >= 15 is 0 Å². The molecule has 0 rings (SSSR count). The number of carbonyl (C=O) groups excluding carboxylic acids is 1. The second kappa shape index (κ2) is 5.77. The highest BCUT2D eigenvalue weighted by Gasteiger charge is 2.17. The van der Waals surface area contributed by atoms with Gasteiger partial charge in [-0.05, 0) is 26.5 Å². The zero-order valence-corrected chi connectivity index (χ0v) is 8.76. The van der Waals surface area contributed by atoms with Crippen LogP contribution in [0.5, 0.6) is 0 Å². The van der Waals surface area contributed by atoms with Crippen LogP contribution in [0.15, 0.2) is 0 Å². The first-order valence-electron chi connectivity index (χ1n) is 3.39. The van der Waals surface area contributed by atoms with Crippen LogP contribution >= 0.6 is 21.6 Å². The molecule has 66 valence electrons. The van der Waals surface area contributed by atoms with Crippen molar-refractivity contribution in [2.24, 2.45) is 0 Å². The Kier molecular flexibility index (Phi) is 5.86. The van der Waals surface area contributed by atoms with Crippen LogP contribution in [0, 0.1) is 0 Å². The van der Waals surface area contributed by atoms with Crippen LogP contribution in [-0.2, 0) is 9.53 Å². The lowest BCUT2D eigenvalue weighted by Gasteiger charge is -2.21. The van der Waals surface area contributed by atoms with E-state index in [1.807, 2.05) is 6.26 Å². The van der Waals surface area contributed by atoms with Crippen molar-refractivity contribution in [1.82, 2.24) is 0 Å². The molecule has 0 aromatic heterocycles. The first kappa shape index (κ1) is 11.2. The molecule has 0 aliphatic rings. The minimum Gasteiger partial charge on any atom is -0.468 e. The topological polar surface area (TPSA) is 26.3 Å². The summed E-state index contributed by atoms with van der Waals surface area (Å²) in [6, 6.07) is 0. The average molecular weight is 194 g/mol. The van der Waals surface area contributed by atoms with Crippen LogP contribution in [0.3, 0.4) is 0 Å². The summed E-state index contributed by atoms with van der Waals surface area (Å²) in [5.41, 5.74) is 0. The Hall–Kier alpha value is 0.170. The van der Waals surface area contributed by atoms with Crippen LogP contribution < -0.4 is 0 Å². The van der Waals surface area contributed by atoms with Crippen LogP contribution in [0.2, 0.25) is 0 Å². The van der Waals surface area contributed by atoms with E-state index in [-0.39, 0.29) is 4.75 Å². The van der Waals surface area contributed by atoms with Gasteiger partial charge in [0.2, 0.25) is 0 Å². The second-order valence-electron chi connectivity index (χ2n) is 2.73. The Bertz CT molecular complexity index is 115. The minimum absolute atomic E-state index is 0.197. The number of ether oxygens (including phenoxy) is 1. The lowest BCUT2D eigenvalue weighted by molar-refractivity contribution is -0.128. The molecule has 0 N–H and O–H groups in total. The van der Waals surface area contributed by atoms with E-state index in [2.05, 4.69) is 18.6 Å². The van der Waals surface area contributed by atoms with Gasteiger partial charge in [-0.2, -0.15) is 0 Å². The van der Waals surface area contributed by atoms with Gasteiger partial charge in [0.1, 0.15) is 0 Å². The molecule has 0 radical (unpaired) electrons. The maximum absolute atomic E-state index is 9.81. The first-order chi connectivity index (χ1) is 5.12. The van der Waals surface area contributed by atoms with E-state index in [0.29, 0.717) is 13.1 Å². The molecule has 0 bridgehead atoms. The van der Waals surface area contributed by atoms with Gasteiger partial charge in [0, 0.05) is 4.75 Å². The van der Waals surface area contributed by atoms with Gasteiger partial charge in [-0.25, -0.2) is 0 Å². The quantitative estimate of drug-likeness (QED) is 0.368. The van der Waals surface area contributed by atoms with Gasteiger partial charge >= 0.3 is 0 Å². The third-order valence-corrected chi connectivity index (χ3v) is 3.87. The maximum atomic E-state index is 9.81. The number of carbonyl (C=O) groups is 1. The molecule has 0 aliphatic heterocycles. The number of hydrogen-bond donors (Lipinski definition) is 0. The summed E-state index contributed by atoms with van der Waals surface area (Å²) in [4.78, 5) is 9.81. The zero-order valence-electron chi connectivity index (χ0n) is 7.12. The van der Waals surface area contributed by atoms with Crippen molar-refractivity contribution in [2.75, 3.05) is 12.9 Å². The van der Waals surface area contributed by atoms with Gasteiger partial charge < -0.3 is 4.74 Å². The van der Waals surface area contributed by atoms with E-state index in [1.165, 1.54) is 0 Å². The van der Waals surface area contributed by atoms with Gasteiger partial charge in [0.05, 0.1) is 6.61 Å². The van der Waals surface area contributed by atoms with Crippen molar-refractivity contribution < 1.29 is 9.53 Å². The van der Waals surface area contributed by atoms with E-state index in [0.717, 1.165) is 6.42 Å². The third-order valence-electron chi connectivity index (χ3n) is 1.20. The van der Waals surface area contributed by atoms with Crippen molar-refractivity contribution in [3.05, 3.63) is 0 Å². The molecule has 0 aliphatic carbocycles. The normalized spacial score (nSPS) is 11.2. The molecule has 11 heavy (non-hydrogen) atoms. The predicted octanol–water partition coefficient (Wildman–Crippen LogP) is 2.34. The van der Waals surface area contributed by atoms with Gasteiger partial charge in [0.25, 0.3) is 6.47 Å². The molecule has 4 heteroatoms. The molecular weight excluding hydrogens is 180 g/mol. The van der Waals surface area contributed by atoms with Gasteiger partial charge in [-0.1, -0.05) is 21.6 Å². The van der Waals surface area contributed by atoms with Crippen molar-refractivity contribution in [2.45, 2.75) is 25.0 Å². The van der Waals surface area contributed by atoms with Crippen molar-refractivity contribution in [3.63, 3.8) is 0 Å². The summed E-state index contributed by atoms with van der Waals surface area (Å²) >= 11 is 0. The van der Waals surface area contributed by atoms with Crippen LogP contribution in [0.1, 0.15) is 20.3 Å². The van der Waals surface area contributed by atoms with E-state index < -0.39 is 0 Å². The SMILES string of the molecule is CSSC(C)(C)CCOC=O. The highest BCUT2D eigenvalue weighted by molar-refractivity contribution is 8.76. The lowest BCUT2D eigenvalue weighted by atomic mass is 10.1. The Morgan fingerprint density at radius 3 is 2.64 bits per heavy atom. The minimum atomic E-state index is 0.197. The molecule has 0 fully saturated rings. The van der Waals surface area contributed by atoms with Crippen molar-refractivity contribution in [3.8, 4) is 0 Å². The number of hydrogen-bond acceptors (Lipinski definition) is 4. The molecule has 0 saturated heterocycles. The predicted molar refractivity (Wildman–Crippen MR) is 51.8 cm³/mol. The largest absolute Gasteiger partial charge is 0.468 e. The molecule has 0 aromatic carbocycles. The fraction of sp³-hybridized carbons (Fsp3) is 0.857. The Morgan fingerprint density at radius 2 is 2.18 bits per heavy atom. The van der Waals surface area contributed by atoms with Gasteiger partial charge in [0.15, 0.2) is 0 Å². The summed E-state index contributed by atoms with van der Waals surface area (Å²) in [6.45, 7) is 5.30. The average Bonchev–Trinajstić information content (AvgIpc) is 1.87. The third kappa shape index (κ3) is 6.56. The van der Waals surface area contributed by atoms with E-state index in [4.69, 9.17) is 0 Å². The summed E-state index contributed by atoms with van der Waals surface area (Å²) in [6.07, 6.45) is 2.95. The molecule has 0 aromatic rings. The highest BCUT2D eigenvalue weighted by Crippen LogP contribution is 2.35. The number of rotatable bonds is 6. The smallest absolute Gasteiger partial charge is 0.293 e. The molecule has 2 nitrogen and oxygen atoms in total. The molecule has 0 unspecified atom stereocenters. The summed E-state index contributed by atoms with van der Waals surface area (Å²) in [7, 11) is 3.54. The highest BCUT2D eigenvalue weighted by atomic mass is 33.1. The Labute approximate surface area is 75.9 Å². The monoisotopic (exact) mass is 194 g/mol. The van der Waals surface area contributed by atoms with E-state index in [9.17, 15) is 4.79 Å². The lowest BCUT2D eigenvalue weighted by Crippen LogP contribution is -2.16. The molecular formula is C7H14O2S2. The van der Waals surface area contributed by atoms with Gasteiger partial charge in [-0.3, -0.25) is 4.79 Å². The van der Waals surface area contributed by atoms with Crippen LogP contribution in [-0.4, -0.2) is 24.1 Å². The Balaban J connectivity index is 3.45. The molecule has 0 heterocycles. The fourth-order valence-electron chi connectivity index (χ4n) is 0.620. The molecule has 0 atom stereocenters. The van der Waals surface area contributed by atoms with Crippen LogP contribution in [0.25, 0.3) is 0 Å².